The minimum absolute atomic E-state index is 0.188. The number of rotatable bonds is 4. The first-order valence-corrected chi connectivity index (χ1v) is 6.68. The number of ether oxygens (including phenoxy) is 1. The monoisotopic (exact) mass is 342 g/mol. The van der Waals surface area contributed by atoms with Crippen molar-refractivity contribution >= 4 is 33.2 Å². The lowest BCUT2D eigenvalue weighted by atomic mass is 10.2. The number of phenolic OH excluding ortho intramolecular Hbond substituents is 1. The van der Waals surface area contributed by atoms with Crippen LogP contribution in [0, 0.1) is 0 Å². The van der Waals surface area contributed by atoms with Gasteiger partial charge in [0.05, 0.1) is 23.5 Å². The predicted molar refractivity (Wildman–Crippen MR) is 78.9 cm³/mol. The Kier molecular flexibility index (Phi) is 4.50. The van der Waals surface area contributed by atoms with Gasteiger partial charge in [-0.1, -0.05) is 11.6 Å². The smallest absolute Gasteiger partial charge is 0.143 e. The maximum Gasteiger partial charge on any atom is 0.143 e. The van der Waals surface area contributed by atoms with Gasteiger partial charge in [0.2, 0.25) is 0 Å². The quantitative estimate of drug-likeness (QED) is 0.829. The molecule has 0 aliphatic rings. The zero-order valence-electron chi connectivity index (χ0n) is 10.2. The second-order valence-electron chi connectivity index (χ2n) is 3.84. The predicted octanol–water partition coefficient (Wildman–Crippen LogP) is 3.82. The molecule has 100 valence electrons. The molecule has 1 aromatic heterocycles. The topological polar surface area (TPSA) is 54.4 Å². The molecule has 0 saturated heterocycles. The molecule has 2 rings (SSSR count). The first-order chi connectivity index (χ1) is 9.10. The van der Waals surface area contributed by atoms with E-state index in [9.17, 15) is 5.11 Å². The van der Waals surface area contributed by atoms with Gasteiger partial charge >= 0.3 is 0 Å². The number of halogens is 2. The Morgan fingerprint density at radius 1 is 1.42 bits per heavy atom. The number of methoxy groups -OCH3 is 1. The highest BCUT2D eigenvalue weighted by Crippen LogP contribution is 2.26. The molecule has 19 heavy (non-hydrogen) atoms. The number of benzene rings is 1. The van der Waals surface area contributed by atoms with E-state index >= 15 is 0 Å². The van der Waals surface area contributed by atoms with Crippen LogP contribution in [0.3, 0.4) is 0 Å². The molecule has 0 atom stereocenters. The van der Waals surface area contributed by atoms with Gasteiger partial charge in [0.15, 0.2) is 0 Å². The molecule has 1 aromatic carbocycles. The van der Waals surface area contributed by atoms with Crippen LogP contribution in [0.25, 0.3) is 0 Å². The molecule has 0 radical (unpaired) electrons. The molecular weight excluding hydrogens is 332 g/mol. The molecule has 0 aliphatic carbocycles. The molecule has 0 bridgehead atoms. The van der Waals surface area contributed by atoms with Crippen LogP contribution in [0.15, 0.2) is 34.9 Å². The maximum absolute atomic E-state index is 9.83. The van der Waals surface area contributed by atoms with Crippen molar-refractivity contribution in [2.75, 3.05) is 12.4 Å². The Balaban J connectivity index is 2.07. The Labute approximate surface area is 124 Å². The van der Waals surface area contributed by atoms with Crippen LogP contribution >= 0.6 is 27.5 Å². The van der Waals surface area contributed by atoms with Gasteiger partial charge in [-0.25, -0.2) is 4.98 Å². The molecular formula is C13H12BrClN2O2. The second kappa shape index (κ2) is 6.12. The highest BCUT2D eigenvalue weighted by atomic mass is 79.9. The Morgan fingerprint density at radius 3 is 2.84 bits per heavy atom. The minimum Gasteiger partial charge on any atom is -0.507 e. The minimum atomic E-state index is 0.188. The largest absolute Gasteiger partial charge is 0.507 e. The Hall–Kier alpha value is -1.46. The SMILES string of the molecule is COc1ccc(CNc2cnc(Cl)c(Br)c2)c(O)c1. The van der Waals surface area contributed by atoms with Crippen LogP contribution in [0.5, 0.6) is 11.5 Å². The molecule has 2 aromatic rings. The number of aromatic nitrogens is 1. The van der Waals surface area contributed by atoms with Crippen molar-refractivity contribution in [1.82, 2.24) is 4.98 Å². The normalized spacial score (nSPS) is 10.3. The van der Waals surface area contributed by atoms with Gasteiger partial charge in [0.1, 0.15) is 16.7 Å². The molecule has 0 spiro atoms. The Bertz CT molecular complexity index is 593. The van der Waals surface area contributed by atoms with Crippen LogP contribution in [-0.4, -0.2) is 17.2 Å². The van der Waals surface area contributed by atoms with Crippen LogP contribution in [0.1, 0.15) is 5.56 Å². The lowest BCUT2D eigenvalue weighted by Gasteiger charge is -2.09. The fourth-order valence-electron chi connectivity index (χ4n) is 1.54. The number of anilines is 1. The summed E-state index contributed by atoms with van der Waals surface area (Å²) in [5.74, 6) is 0.810. The summed E-state index contributed by atoms with van der Waals surface area (Å²) in [6.07, 6.45) is 1.63. The average Bonchev–Trinajstić information content (AvgIpc) is 2.41. The molecule has 4 nitrogen and oxygen atoms in total. The number of nitrogens with one attached hydrogen (secondary N) is 1. The van der Waals surface area contributed by atoms with Crippen LogP contribution in [-0.2, 0) is 6.54 Å². The van der Waals surface area contributed by atoms with E-state index in [1.54, 1.807) is 31.5 Å². The van der Waals surface area contributed by atoms with Gasteiger partial charge < -0.3 is 15.2 Å². The summed E-state index contributed by atoms with van der Waals surface area (Å²) in [6, 6.07) is 7.01. The third-order valence-corrected chi connectivity index (χ3v) is 3.71. The first kappa shape index (κ1) is 14.0. The standard InChI is InChI=1S/C13H12BrClN2O2/c1-19-10-3-2-8(12(18)5-10)6-16-9-4-11(14)13(15)17-7-9/h2-5,7,16,18H,6H2,1H3. The van der Waals surface area contributed by atoms with Crippen molar-refractivity contribution in [3.63, 3.8) is 0 Å². The third kappa shape index (κ3) is 3.52. The summed E-state index contributed by atoms with van der Waals surface area (Å²) < 4.78 is 5.75. The fourth-order valence-corrected chi connectivity index (χ4v) is 1.99. The summed E-state index contributed by atoms with van der Waals surface area (Å²) >= 11 is 9.12. The first-order valence-electron chi connectivity index (χ1n) is 5.51. The highest BCUT2D eigenvalue weighted by Gasteiger charge is 2.04. The highest BCUT2D eigenvalue weighted by molar-refractivity contribution is 9.10. The van der Waals surface area contributed by atoms with Crippen molar-refractivity contribution in [2.45, 2.75) is 6.54 Å². The average molecular weight is 344 g/mol. The van der Waals surface area contributed by atoms with Crippen LogP contribution < -0.4 is 10.1 Å². The van der Waals surface area contributed by atoms with E-state index in [1.807, 2.05) is 6.07 Å². The van der Waals surface area contributed by atoms with E-state index in [4.69, 9.17) is 16.3 Å². The molecule has 0 unspecified atom stereocenters. The van der Waals surface area contributed by atoms with Gasteiger partial charge in [0, 0.05) is 18.2 Å². The zero-order chi connectivity index (χ0) is 13.8. The van der Waals surface area contributed by atoms with Crippen molar-refractivity contribution in [3.8, 4) is 11.5 Å². The lowest BCUT2D eigenvalue weighted by Crippen LogP contribution is -2.00. The third-order valence-electron chi connectivity index (χ3n) is 2.57. The molecule has 0 fully saturated rings. The van der Waals surface area contributed by atoms with Crippen molar-refractivity contribution in [2.24, 2.45) is 0 Å². The van der Waals surface area contributed by atoms with Crippen LogP contribution in [0.4, 0.5) is 5.69 Å². The van der Waals surface area contributed by atoms with E-state index in [-0.39, 0.29) is 5.75 Å². The van der Waals surface area contributed by atoms with Gasteiger partial charge in [-0.2, -0.15) is 0 Å². The van der Waals surface area contributed by atoms with Gasteiger partial charge in [-0.15, -0.1) is 0 Å². The van der Waals surface area contributed by atoms with E-state index < -0.39 is 0 Å². The number of hydrogen-bond donors (Lipinski definition) is 2. The van der Waals surface area contributed by atoms with E-state index in [0.717, 1.165) is 15.7 Å². The lowest BCUT2D eigenvalue weighted by molar-refractivity contribution is 0.406. The van der Waals surface area contributed by atoms with E-state index in [1.165, 1.54) is 0 Å². The molecule has 2 N–H and O–H groups in total. The maximum atomic E-state index is 9.83. The number of aromatic hydroxyl groups is 1. The van der Waals surface area contributed by atoms with Crippen molar-refractivity contribution < 1.29 is 9.84 Å². The summed E-state index contributed by atoms with van der Waals surface area (Å²) in [4.78, 5) is 4.01. The summed E-state index contributed by atoms with van der Waals surface area (Å²) in [6.45, 7) is 0.478. The molecule has 0 amide bonds. The van der Waals surface area contributed by atoms with Crippen molar-refractivity contribution in [1.29, 1.82) is 0 Å². The van der Waals surface area contributed by atoms with Gasteiger partial charge in [-0.3, -0.25) is 0 Å². The van der Waals surface area contributed by atoms with Crippen LogP contribution in [0.2, 0.25) is 5.15 Å². The number of phenols is 1. The second-order valence-corrected chi connectivity index (χ2v) is 5.06. The van der Waals surface area contributed by atoms with E-state index in [0.29, 0.717) is 17.4 Å². The molecule has 6 heteroatoms. The molecule has 0 saturated carbocycles. The summed E-state index contributed by atoms with van der Waals surface area (Å²) in [7, 11) is 1.56. The number of nitrogens with zero attached hydrogens (tertiary/aromatic N) is 1. The molecule has 0 aliphatic heterocycles. The van der Waals surface area contributed by atoms with Gasteiger partial charge in [0.25, 0.3) is 0 Å². The number of pyridine rings is 1. The number of hydrogen-bond acceptors (Lipinski definition) is 4. The summed E-state index contributed by atoms with van der Waals surface area (Å²) in [5, 5.41) is 13.4. The fraction of sp³-hybridized carbons (Fsp3) is 0.154. The van der Waals surface area contributed by atoms with Gasteiger partial charge in [-0.05, 0) is 34.1 Å². The molecule has 1 heterocycles. The Morgan fingerprint density at radius 2 is 2.21 bits per heavy atom. The van der Waals surface area contributed by atoms with Crippen molar-refractivity contribution in [3.05, 3.63) is 45.7 Å². The zero-order valence-corrected chi connectivity index (χ0v) is 12.5. The van der Waals surface area contributed by atoms with E-state index in [2.05, 4.69) is 26.2 Å². The summed E-state index contributed by atoms with van der Waals surface area (Å²) in [5.41, 5.74) is 1.58.